The fourth-order valence-corrected chi connectivity index (χ4v) is 3.08. The summed E-state index contributed by atoms with van der Waals surface area (Å²) in [6.45, 7) is 5.79. The lowest BCUT2D eigenvalue weighted by atomic mass is 10.2. The molecule has 0 saturated carbocycles. The van der Waals surface area contributed by atoms with Gasteiger partial charge in [-0.05, 0) is 54.0 Å². The SMILES string of the molecule is CCn1nc(C)c(Br)c1Cn1ccc2cc(Cl)ccc21. The molecule has 2 heterocycles. The van der Waals surface area contributed by atoms with Crippen LogP contribution in [0.15, 0.2) is 34.9 Å². The average molecular weight is 353 g/mol. The lowest BCUT2D eigenvalue weighted by molar-refractivity contribution is 0.601. The maximum absolute atomic E-state index is 6.03. The van der Waals surface area contributed by atoms with Crippen molar-refractivity contribution < 1.29 is 0 Å². The van der Waals surface area contributed by atoms with Crippen molar-refractivity contribution in [3.8, 4) is 0 Å². The number of aromatic nitrogens is 3. The number of rotatable bonds is 3. The van der Waals surface area contributed by atoms with Gasteiger partial charge in [-0.3, -0.25) is 4.68 Å². The van der Waals surface area contributed by atoms with Gasteiger partial charge in [0.2, 0.25) is 0 Å². The largest absolute Gasteiger partial charge is 0.341 e. The monoisotopic (exact) mass is 351 g/mol. The highest BCUT2D eigenvalue weighted by Crippen LogP contribution is 2.25. The Hall–Kier alpha value is -1.26. The number of fused-ring (bicyclic) bond motifs is 1. The van der Waals surface area contributed by atoms with Crippen LogP contribution in [0.5, 0.6) is 0 Å². The van der Waals surface area contributed by atoms with E-state index in [1.807, 2.05) is 23.7 Å². The third-order valence-electron chi connectivity index (χ3n) is 3.51. The molecule has 0 atom stereocenters. The van der Waals surface area contributed by atoms with Crippen LogP contribution in [0.2, 0.25) is 5.02 Å². The van der Waals surface area contributed by atoms with Crippen molar-refractivity contribution in [2.45, 2.75) is 26.9 Å². The summed E-state index contributed by atoms with van der Waals surface area (Å²) in [5.41, 5.74) is 3.40. The molecule has 5 heteroatoms. The predicted octanol–water partition coefficient (Wildman–Crippen LogP) is 4.63. The lowest BCUT2D eigenvalue weighted by Gasteiger charge is -2.08. The van der Waals surface area contributed by atoms with E-state index in [1.54, 1.807) is 0 Å². The summed E-state index contributed by atoms with van der Waals surface area (Å²) in [5, 5.41) is 6.47. The Bertz CT molecular complexity index is 773. The Balaban J connectivity index is 2.05. The summed E-state index contributed by atoms with van der Waals surface area (Å²) in [5.74, 6) is 0. The zero-order chi connectivity index (χ0) is 14.3. The summed E-state index contributed by atoms with van der Waals surface area (Å²) in [7, 11) is 0. The second kappa shape index (κ2) is 5.26. The molecular weight excluding hydrogens is 338 g/mol. The first-order valence-electron chi connectivity index (χ1n) is 6.56. The van der Waals surface area contributed by atoms with Gasteiger partial charge in [0.05, 0.1) is 22.4 Å². The van der Waals surface area contributed by atoms with Crippen molar-refractivity contribution in [2.75, 3.05) is 0 Å². The summed E-state index contributed by atoms with van der Waals surface area (Å²) in [6.07, 6.45) is 2.09. The molecule has 1 aromatic carbocycles. The number of nitrogens with zero attached hydrogens (tertiary/aromatic N) is 3. The van der Waals surface area contributed by atoms with Crippen LogP contribution in [-0.4, -0.2) is 14.3 Å². The lowest BCUT2D eigenvalue weighted by Crippen LogP contribution is -2.07. The van der Waals surface area contributed by atoms with Crippen LogP contribution in [0.3, 0.4) is 0 Å². The molecule has 0 aliphatic heterocycles. The molecule has 0 radical (unpaired) electrons. The molecule has 0 N–H and O–H groups in total. The van der Waals surface area contributed by atoms with E-state index in [9.17, 15) is 0 Å². The first-order chi connectivity index (χ1) is 9.60. The second-order valence-electron chi connectivity index (χ2n) is 4.81. The highest BCUT2D eigenvalue weighted by atomic mass is 79.9. The molecule has 0 unspecified atom stereocenters. The highest BCUT2D eigenvalue weighted by molar-refractivity contribution is 9.10. The third kappa shape index (κ3) is 2.27. The standard InChI is InChI=1S/C15H15BrClN3/c1-3-20-14(15(16)10(2)18-20)9-19-7-6-11-8-12(17)4-5-13(11)19/h4-8H,3,9H2,1-2H3. The van der Waals surface area contributed by atoms with Gasteiger partial charge in [0, 0.05) is 28.7 Å². The molecule has 0 amide bonds. The molecule has 0 spiro atoms. The van der Waals surface area contributed by atoms with Gasteiger partial charge in [0.25, 0.3) is 0 Å². The molecule has 3 nitrogen and oxygen atoms in total. The van der Waals surface area contributed by atoms with E-state index in [-0.39, 0.29) is 0 Å². The van der Waals surface area contributed by atoms with E-state index in [1.165, 1.54) is 11.2 Å². The Kier molecular flexibility index (Phi) is 3.61. The fourth-order valence-electron chi connectivity index (χ4n) is 2.49. The van der Waals surface area contributed by atoms with Gasteiger partial charge in [-0.2, -0.15) is 5.10 Å². The normalized spacial score (nSPS) is 11.4. The Morgan fingerprint density at radius 2 is 2.10 bits per heavy atom. The van der Waals surface area contributed by atoms with Crippen LogP contribution < -0.4 is 0 Å². The second-order valence-corrected chi connectivity index (χ2v) is 6.04. The van der Waals surface area contributed by atoms with Crippen molar-refractivity contribution >= 4 is 38.4 Å². The van der Waals surface area contributed by atoms with Crippen LogP contribution in [0.4, 0.5) is 0 Å². The van der Waals surface area contributed by atoms with Crippen molar-refractivity contribution in [1.82, 2.24) is 14.3 Å². The fraction of sp³-hybridized carbons (Fsp3) is 0.267. The van der Waals surface area contributed by atoms with E-state index in [0.717, 1.165) is 33.7 Å². The van der Waals surface area contributed by atoms with E-state index >= 15 is 0 Å². The molecule has 3 aromatic rings. The Morgan fingerprint density at radius 1 is 1.30 bits per heavy atom. The molecular formula is C15H15BrClN3. The maximum atomic E-state index is 6.03. The van der Waals surface area contributed by atoms with Crippen LogP contribution in [-0.2, 0) is 13.1 Å². The van der Waals surface area contributed by atoms with E-state index in [4.69, 9.17) is 11.6 Å². The van der Waals surface area contributed by atoms with Gasteiger partial charge < -0.3 is 4.57 Å². The molecule has 0 aliphatic rings. The van der Waals surface area contributed by atoms with Crippen LogP contribution >= 0.6 is 27.5 Å². The summed E-state index contributed by atoms with van der Waals surface area (Å²) in [6, 6.07) is 8.07. The summed E-state index contributed by atoms with van der Waals surface area (Å²) in [4.78, 5) is 0. The number of hydrogen-bond donors (Lipinski definition) is 0. The predicted molar refractivity (Wildman–Crippen MR) is 86.4 cm³/mol. The van der Waals surface area contributed by atoms with Gasteiger partial charge in [-0.15, -0.1) is 0 Å². The van der Waals surface area contributed by atoms with Crippen LogP contribution in [0.25, 0.3) is 10.9 Å². The molecule has 0 saturated heterocycles. The molecule has 0 bridgehead atoms. The first-order valence-corrected chi connectivity index (χ1v) is 7.73. The van der Waals surface area contributed by atoms with E-state index in [2.05, 4.69) is 50.8 Å². The zero-order valence-electron chi connectivity index (χ0n) is 11.4. The minimum absolute atomic E-state index is 0.769. The minimum atomic E-state index is 0.769. The molecule has 0 fully saturated rings. The van der Waals surface area contributed by atoms with Gasteiger partial charge in [0.1, 0.15) is 0 Å². The first kappa shape index (κ1) is 13.7. The third-order valence-corrected chi connectivity index (χ3v) is 4.77. The molecule has 0 aliphatic carbocycles. The smallest absolute Gasteiger partial charge is 0.0739 e. The topological polar surface area (TPSA) is 22.8 Å². The van der Waals surface area contributed by atoms with Gasteiger partial charge in [-0.25, -0.2) is 0 Å². The Labute approximate surface area is 131 Å². The van der Waals surface area contributed by atoms with Crippen molar-refractivity contribution in [2.24, 2.45) is 0 Å². The quantitative estimate of drug-likeness (QED) is 0.674. The van der Waals surface area contributed by atoms with Gasteiger partial charge >= 0.3 is 0 Å². The zero-order valence-corrected chi connectivity index (χ0v) is 13.7. The molecule has 3 rings (SSSR count). The number of halogens is 2. The van der Waals surface area contributed by atoms with E-state index in [0.29, 0.717) is 0 Å². The highest BCUT2D eigenvalue weighted by Gasteiger charge is 2.13. The van der Waals surface area contributed by atoms with Crippen LogP contribution in [0, 0.1) is 6.92 Å². The van der Waals surface area contributed by atoms with Gasteiger partial charge in [-0.1, -0.05) is 11.6 Å². The van der Waals surface area contributed by atoms with Crippen LogP contribution in [0.1, 0.15) is 18.3 Å². The van der Waals surface area contributed by atoms with Crippen molar-refractivity contribution in [3.63, 3.8) is 0 Å². The Morgan fingerprint density at radius 3 is 2.85 bits per heavy atom. The molecule has 20 heavy (non-hydrogen) atoms. The van der Waals surface area contributed by atoms with Gasteiger partial charge in [0.15, 0.2) is 0 Å². The molecule has 104 valence electrons. The molecule has 2 aromatic heterocycles. The number of hydrogen-bond acceptors (Lipinski definition) is 1. The van der Waals surface area contributed by atoms with Crippen molar-refractivity contribution in [1.29, 1.82) is 0 Å². The number of aryl methyl sites for hydroxylation is 2. The minimum Gasteiger partial charge on any atom is -0.341 e. The summed E-state index contributed by atoms with van der Waals surface area (Å²) < 4.78 is 5.36. The summed E-state index contributed by atoms with van der Waals surface area (Å²) >= 11 is 9.68. The van der Waals surface area contributed by atoms with E-state index < -0.39 is 0 Å². The average Bonchev–Trinajstić information content (AvgIpc) is 2.94. The maximum Gasteiger partial charge on any atom is 0.0739 e. The van der Waals surface area contributed by atoms with Crippen molar-refractivity contribution in [3.05, 3.63) is 51.3 Å². The number of benzene rings is 1.